The standard InChI is InChI=1S/C26H32ClFN4O3/c1-32(11-13-33-2)10-5-12-34-20-15-23-25(24(16-20)35-19-6-3-4-7-19)26(30-17-29-23)31-18-8-9-22(28)21(27)14-18/h8-9,14-17,19H,3-7,10-13H2,1-2H3,(H,29,30,31). The number of fused-ring (bicyclic) bond motifs is 1. The number of likely N-dealkylation sites (N-methyl/N-ethyl adjacent to an activating group) is 1. The van der Waals surface area contributed by atoms with Crippen molar-refractivity contribution in [2.45, 2.75) is 38.2 Å². The van der Waals surface area contributed by atoms with E-state index in [0.717, 1.165) is 50.6 Å². The average molecular weight is 503 g/mol. The molecule has 3 aromatic rings. The summed E-state index contributed by atoms with van der Waals surface area (Å²) in [5, 5.41) is 4.04. The zero-order chi connectivity index (χ0) is 24.6. The van der Waals surface area contributed by atoms with Gasteiger partial charge in [0.25, 0.3) is 0 Å². The van der Waals surface area contributed by atoms with E-state index >= 15 is 0 Å². The van der Waals surface area contributed by atoms with Gasteiger partial charge in [-0.1, -0.05) is 11.6 Å². The van der Waals surface area contributed by atoms with Gasteiger partial charge in [0.15, 0.2) is 0 Å². The molecule has 1 fully saturated rings. The summed E-state index contributed by atoms with van der Waals surface area (Å²) >= 11 is 5.97. The van der Waals surface area contributed by atoms with Gasteiger partial charge in [-0.3, -0.25) is 0 Å². The van der Waals surface area contributed by atoms with Crippen molar-refractivity contribution in [3.05, 3.63) is 47.5 Å². The summed E-state index contributed by atoms with van der Waals surface area (Å²) in [6.07, 6.45) is 6.88. The van der Waals surface area contributed by atoms with Crippen molar-refractivity contribution in [1.82, 2.24) is 14.9 Å². The van der Waals surface area contributed by atoms with Gasteiger partial charge in [-0.05, 0) is 57.4 Å². The summed E-state index contributed by atoms with van der Waals surface area (Å²) in [4.78, 5) is 11.1. The van der Waals surface area contributed by atoms with Crippen LogP contribution in [-0.2, 0) is 4.74 Å². The molecule has 2 aromatic carbocycles. The van der Waals surface area contributed by atoms with Gasteiger partial charge in [-0.2, -0.15) is 0 Å². The topological polar surface area (TPSA) is 68.7 Å². The van der Waals surface area contributed by atoms with E-state index in [1.54, 1.807) is 13.2 Å². The maximum absolute atomic E-state index is 13.6. The predicted molar refractivity (Wildman–Crippen MR) is 137 cm³/mol. The molecule has 0 spiro atoms. The van der Waals surface area contributed by atoms with Crippen LogP contribution in [0.1, 0.15) is 32.1 Å². The fourth-order valence-electron chi connectivity index (χ4n) is 4.18. The van der Waals surface area contributed by atoms with Gasteiger partial charge >= 0.3 is 0 Å². The summed E-state index contributed by atoms with van der Waals surface area (Å²) in [6.45, 7) is 3.09. The van der Waals surface area contributed by atoms with Crippen LogP contribution in [0.2, 0.25) is 5.02 Å². The molecule has 0 aliphatic heterocycles. The van der Waals surface area contributed by atoms with E-state index in [0.29, 0.717) is 41.7 Å². The molecule has 1 aromatic heterocycles. The average Bonchev–Trinajstić information content (AvgIpc) is 3.36. The minimum absolute atomic E-state index is 0.0411. The molecule has 1 N–H and O–H groups in total. The minimum atomic E-state index is -0.471. The molecule has 1 heterocycles. The van der Waals surface area contributed by atoms with Crippen molar-refractivity contribution in [2.75, 3.05) is 45.8 Å². The monoisotopic (exact) mass is 502 g/mol. The Morgan fingerprint density at radius 2 is 1.94 bits per heavy atom. The first kappa shape index (κ1) is 25.4. The highest BCUT2D eigenvalue weighted by molar-refractivity contribution is 6.31. The number of hydrogen-bond donors (Lipinski definition) is 1. The highest BCUT2D eigenvalue weighted by Crippen LogP contribution is 2.38. The van der Waals surface area contributed by atoms with E-state index in [4.69, 9.17) is 25.8 Å². The number of methoxy groups -OCH3 is 1. The highest BCUT2D eigenvalue weighted by Gasteiger charge is 2.21. The maximum Gasteiger partial charge on any atom is 0.145 e. The minimum Gasteiger partial charge on any atom is -0.493 e. The number of benzene rings is 2. The number of halogens is 2. The van der Waals surface area contributed by atoms with Gasteiger partial charge in [-0.15, -0.1) is 0 Å². The second-order valence-corrected chi connectivity index (χ2v) is 9.22. The van der Waals surface area contributed by atoms with Gasteiger partial charge < -0.3 is 24.4 Å². The number of anilines is 2. The van der Waals surface area contributed by atoms with Crippen molar-refractivity contribution in [2.24, 2.45) is 0 Å². The van der Waals surface area contributed by atoms with Gasteiger partial charge in [0, 0.05) is 38.0 Å². The second-order valence-electron chi connectivity index (χ2n) is 8.81. The fraction of sp³-hybridized carbons (Fsp3) is 0.462. The summed E-state index contributed by atoms with van der Waals surface area (Å²) < 4.78 is 31.3. The van der Waals surface area contributed by atoms with Gasteiger partial charge in [0.05, 0.1) is 35.2 Å². The van der Waals surface area contributed by atoms with Crippen molar-refractivity contribution in [3.63, 3.8) is 0 Å². The first-order valence-electron chi connectivity index (χ1n) is 12.0. The van der Waals surface area contributed by atoms with E-state index in [-0.39, 0.29) is 11.1 Å². The molecule has 35 heavy (non-hydrogen) atoms. The number of nitrogens with one attached hydrogen (secondary N) is 1. The van der Waals surface area contributed by atoms with Gasteiger partial charge in [0.2, 0.25) is 0 Å². The third kappa shape index (κ3) is 6.93. The SMILES string of the molecule is COCCN(C)CCCOc1cc(OC2CCCC2)c2c(Nc3ccc(F)c(Cl)c3)ncnc2c1. The number of ether oxygens (including phenoxy) is 3. The number of rotatable bonds is 12. The third-order valence-electron chi connectivity index (χ3n) is 6.08. The summed E-state index contributed by atoms with van der Waals surface area (Å²) in [7, 11) is 3.78. The Bertz CT molecular complexity index is 1130. The van der Waals surface area contributed by atoms with Gasteiger partial charge in [-0.25, -0.2) is 14.4 Å². The lowest BCUT2D eigenvalue weighted by Gasteiger charge is -2.19. The largest absolute Gasteiger partial charge is 0.493 e. The first-order chi connectivity index (χ1) is 17.0. The lowest BCUT2D eigenvalue weighted by Crippen LogP contribution is -2.25. The Hall–Kier alpha value is -2.68. The van der Waals surface area contributed by atoms with E-state index in [2.05, 4.69) is 27.2 Å². The first-order valence-corrected chi connectivity index (χ1v) is 12.4. The molecule has 9 heteroatoms. The normalized spacial score (nSPS) is 14.1. The van der Waals surface area contributed by atoms with Crippen LogP contribution in [0.5, 0.6) is 11.5 Å². The molecular formula is C26H32ClFN4O3. The van der Waals surface area contributed by atoms with Crippen LogP contribution < -0.4 is 14.8 Å². The summed E-state index contributed by atoms with van der Waals surface area (Å²) in [5.74, 6) is 1.48. The molecule has 0 bridgehead atoms. The van der Waals surface area contributed by atoms with E-state index in [1.165, 1.54) is 18.5 Å². The zero-order valence-electron chi connectivity index (χ0n) is 20.2. The number of nitrogens with zero attached hydrogens (tertiary/aromatic N) is 3. The molecule has 7 nitrogen and oxygen atoms in total. The Balaban J connectivity index is 1.56. The van der Waals surface area contributed by atoms with Gasteiger partial charge in [0.1, 0.15) is 29.5 Å². The molecule has 1 aliphatic carbocycles. The fourth-order valence-corrected chi connectivity index (χ4v) is 4.36. The third-order valence-corrected chi connectivity index (χ3v) is 6.37. The van der Waals surface area contributed by atoms with E-state index < -0.39 is 5.82 Å². The molecule has 188 valence electrons. The van der Waals surface area contributed by atoms with E-state index in [1.807, 2.05) is 12.1 Å². The number of aromatic nitrogens is 2. The Morgan fingerprint density at radius 1 is 1.11 bits per heavy atom. The van der Waals surface area contributed by atoms with Crippen molar-refractivity contribution in [1.29, 1.82) is 0 Å². The van der Waals surface area contributed by atoms with Crippen LogP contribution in [0.3, 0.4) is 0 Å². The lowest BCUT2D eigenvalue weighted by atomic mass is 10.2. The molecule has 0 saturated heterocycles. The van der Waals surface area contributed by atoms with Crippen LogP contribution >= 0.6 is 11.6 Å². The molecular weight excluding hydrogens is 471 g/mol. The lowest BCUT2D eigenvalue weighted by molar-refractivity contribution is 0.157. The summed E-state index contributed by atoms with van der Waals surface area (Å²) in [5.41, 5.74) is 1.33. The second kappa shape index (κ2) is 12.3. The summed E-state index contributed by atoms with van der Waals surface area (Å²) in [6, 6.07) is 8.29. The molecule has 1 saturated carbocycles. The zero-order valence-corrected chi connectivity index (χ0v) is 21.0. The molecule has 1 aliphatic rings. The molecule has 0 unspecified atom stereocenters. The Morgan fingerprint density at radius 3 is 2.71 bits per heavy atom. The number of hydrogen-bond acceptors (Lipinski definition) is 7. The highest BCUT2D eigenvalue weighted by atomic mass is 35.5. The Labute approximate surface area is 210 Å². The van der Waals surface area contributed by atoms with E-state index in [9.17, 15) is 4.39 Å². The molecule has 0 amide bonds. The quantitative estimate of drug-likeness (QED) is 0.312. The smallest absolute Gasteiger partial charge is 0.145 e. The van der Waals surface area contributed by atoms with Crippen LogP contribution in [0.25, 0.3) is 10.9 Å². The van der Waals surface area contributed by atoms with Crippen LogP contribution in [0.4, 0.5) is 15.9 Å². The van der Waals surface area contributed by atoms with Crippen LogP contribution in [-0.4, -0.2) is 61.4 Å². The molecule has 4 rings (SSSR count). The Kier molecular flexibility index (Phi) is 8.95. The van der Waals surface area contributed by atoms with Crippen LogP contribution in [0, 0.1) is 5.82 Å². The van der Waals surface area contributed by atoms with Crippen LogP contribution in [0.15, 0.2) is 36.7 Å². The molecule has 0 radical (unpaired) electrons. The van der Waals surface area contributed by atoms with Crippen molar-refractivity contribution >= 4 is 34.0 Å². The maximum atomic E-state index is 13.6. The predicted octanol–water partition coefficient (Wildman–Crippen LogP) is 5.83. The van der Waals surface area contributed by atoms with Crippen molar-refractivity contribution in [3.8, 4) is 11.5 Å². The molecule has 0 atom stereocenters. The van der Waals surface area contributed by atoms with Crippen molar-refractivity contribution < 1.29 is 18.6 Å².